The number of benzene rings is 1. The lowest BCUT2D eigenvalue weighted by Crippen LogP contribution is -2.45. The molecule has 0 saturated heterocycles. The third-order valence-corrected chi connectivity index (χ3v) is 3.94. The summed E-state index contributed by atoms with van der Waals surface area (Å²) >= 11 is 9.63. The highest BCUT2D eigenvalue weighted by molar-refractivity contribution is 9.09. The molecule has 0 fully saturated rings. The number of rotatable bonds is 3. The number of carbonyl (C=O) groups excluding carboxylic acids is 1. The summed E-state index contributed by atoms with van der Waals surface area (Å²) in [6.07, 6.45) is 0. The van der Waals surface area contributed by atoms with Crippen LogP contribution in [0, 0.1) is 0 Å². The number of alkyl halides is 2. The Labute approximate surface area is 116 Å². The molecule has 17 heavy (non-hydrogen) atoms. The summed E-state index contributed by atoms with van der Waals surface area (Å²) < 4.78 is 0. The first-order chi connectivity index (χ1) is 7.81. The minimum absolute atomic E-state index is 0.162. The van der Waals surface area contributed by atoms with E-state index in [1.165, 1.54) is 0 Å². The van der Waals surface area contributed by atoms with E-state index in [0.717, 1.165) is 5.56 Å². The van der Waals surface area contributed by atoms with Crippen LogP contribution in [0.3, 0.4) is 0 Å². The molecular weight excluding hydrogens is 302 g/mol. The smallest absolute Gasteiger partial charge is 0.239 e. The number of amides is 1. The number of hydrogen-bond donors (Lipinski definition) is 1. The molecule has 0 bridgehead atoms. The Kier molecular flexibility index (Phi) is 5.02. The topological polar surface area (TPSA) is 29.1 Å². The molecule has 1 N–H and O–H groups in total. The maximum absolute atomic E-state index is 11.9. The zero-order valence-corrected chi connectivity index (χ0v) is 12.5. The number of halogens is 2. The van der Waals surface area contributed by atoms with Crippen LogP contribution in [0.1, 0.15) is 31.2 Å². The summed E-state index contributed by atoms with van der Waals surface area (Å²) in [5, 5.41) is 2.24. The quantitative estimate of drug-likeness (QED) is 0.847. The van der Waals surface area contributed by atoms with Crippen LogP contribution >= 0.6 is 27.5 Å². The van der Waals surface area contributed by atoms with Gasteiger partial charge in [-0.1, -0.05) is 46.3 Å². The van der Waals surface area contributed by atoms with Gasteiger partial charge in [-0.3, -0.25) is 4.79 Å². The Balaban J connectivity index is 2.70. The molecule has 1 aromatic rings. The van der Waals surface area contributed by atoms with Crippen LogP contribution in [-0.2, 0) is 4.79 Å². The van der Waals surface area contributed by atoms with E-state index in [1.807, 2.05) is 51.1 Å². The number of hydrogen-bond acceptors (Lipinski definition) is 1. The average Bonchev–Trinajstić information content (AvgIpc) is 2.26. The minimum Gasteiger partial charge on any atom is -0.350 e. The Morgan fingerprint density at radius 3 is 2.29 bits per heavy atom. The van der Waals surface area contributed by atoms with Crippen molar-refractivity contribution < 1.29 is 4.79 Å². The average molecular weight is 319 g/mol. The van der Waals surface area contributed by atoms with Crippen LogP contribution < -0.4 is 5.32 Å². The van der Waals surface area contributed by atoms with E-state index >= 15 is 0 Å². The second-order valence-corrected chi connectivity index (χ2v) is 6.41. The Morgan fingerprint density at radius 1 is 1.29 bits per heavy atom. The van der Waals surface area contributed by atoms with Gasteiger partial charge in [0.25, 0.3) is 0 Å². The summed E-state index contributed by atoms with van der Waals surface area (Å²) in [6.45, 7) is 5.79. The van der Waals surface area contributed by atoms with Gasteiger partial charge >= 0.3 is 0 Å². The van der Waals surface area contributed by atoms with Crippen molar-refractivity contribution >= 4 is 33.4 Å². The fourth-order valence-electron chi connectivity index (χ4n) is 1.38. The van der Waals surface area contributed by atoms with Crippen LogP contribution in [0.4, 0.5) is 0 Å². The molecule has 0 radical (unpaired) electrons. The van der Waals surface area contributed by atoms with E-state index in [-0.39, 0.29) is 16.3 Å². The van der Waals surface area contributed by atoms with Gasteiger partial charge in [-0.25, -0.2) is 0 Å². The highest BCUT2D eigenvalue weighted by Gasteiger charge is 2.27. The Morgan fingerprint density at radius 2 is 1.82 bits per heavy atom. The highest BCUT2D eigenvalue weighted by Crippen LogP contribution is 2.30. The van der Waals surface area contributed by atoms with Gasteiger partial charge in [-0.05, 0) is 26.3 Å². The van der Waals surface area contributed by atoms with Crippen molar-refractivity contribution in [2.24, 2.45) is 0 Å². The van der Waals surface area contributed by atoms with Crippen LogP contribution in [0.5, 0.6) is 0 Å². The molecule has 94 valence electrons. The van der Waals surface area contributed by atoms with Gasteiger partial charge in [0.15, 0.2) is 0 Å². The fourth-order valence-corrected chi connectivity index (χ4v) is 2.12. The van der Waals surface area contributed by atoms with E-state index < -0.39 is 5.38 Å². The molecule has 0 unspecified atom stereocenters. The monoisotopic (exact) mass is 317 g/mol. The molecule has 1 aromatic carbocycles. The normalized spacial score (nSPS) is 15.1. The summed E-state index contributed by atoms with van der Waals surface area (Å²) in [7, 11) is 0. The van der Waals surface area contributed by atoms with Crippen molar-refractivity contribution in [3.63, 3.8) is 0 Å². The first-order valence-electron chi connectivity index (χ1n) is 5.46. The summed E-state index contributed by atoms with van der Waals surface area (Å²) in [4.78, 5) is 11.7. The van der Waals surface area contributed by atoms with Crippen molar-refractivity contribution in [2.45, 2.75) is 36.5 Å². The van der Waals surface area contributed by atoms with Gasteiger partial charge in [0.05, 0.1) is 4.83 Å². The molecule has 0 aliphatic rings. The maximum atomic E-state index is 11.9. The van der Waals surface area contributed by atoms with Crippen LogP contribution in [0.15, 0.2) is 30.3 Å². The van der Waals surface area contributed by atoms with Crippen molar-refractivity contribution in [3.8, 4) is 0 Å². The van der Waals surface area contributed by atoms with Crippen LogP contribution in [0.25, 0.3) is 0 Å². The largest absolute Gasteiger partial charge is 0.350 e. The lowest BCUT2D eigenvalue weighted by Gasteiger charge is -2.24. The van der Waals surface area contributed by atoms with Crippen LogP contribution in [0.2, 0.25) is 0 Å². The standard InChI is InChI=1S/C13H17BrClNO/c1-13(2,3)16-12(17)11(15)10(14)9-7-5-4-6-8-9/h4-8,10-11H,1-3H3,(H,16,17)/t10-,11-/m0/s1. The molecule has 4 heteroatoms. The molecule has 2 atom stereocenters. The molecule has 2 nitrogen and oxygen atoms in total. The summed E-state index contributed by atoms with van der Waals surface area (Å²) in [6, 6.07) is 9.67. The first-order valence-corrected chi connectivity index (χ1v) is 6.81. The van der Waals surface area contributed by atoms with E-state index in [0.29, 0.717) is 0 Å². The van der Waals surface area contributed by atoms with Crippen molar-refractivity contribution in [1.82, 2.24) is 5.32 Å². The molecule has 1 rings (SSSR count). The van der Waals surface area contributed by atoms with E-state index in [1.54, 1.807) is 0 Å². The van der Waals surface area contributed by atoms with E-state index in [4.69, 9.17) is 11.6 Å². The zero-order valence-electron chi connectivity index (χ0n) is 10.2. The number of nitrogens with one attached hydrogen (secondary N) is 1. The Hall–Kier alpha value is -0.540. The Bertz CT molecular complexity index is 375. The SMILES string of the molecule is CC(C)(C)NC(=O)[C@@H](Cl)[C@@H](Br)c1ccccc1. The lowest BCUT2D eigenvalue weighted by atomic mass is 10.1. The second-order valence-electron chi connectivity index (χ2n) is 4.95. The van der Waals surface area contributed by atoms with Crippen LogP contribution in [-0.4, -0.2) is 16.8 Å². The van der Waals surface area contributed by atoms with Gasteiger partial charge in [-0.2, -0.15) is 0 Å². The lowest BCUT2D eigenvalue weighted by molar-refractivity contribution is -0.122. The predicted molar refractivity (Wildman–Crippen MR) is 75.6 cm³/mol. The second kappa shape index (κ2) is 5.87. The van der Waals surface area contributed by atoms with Gasteiger partial charge in [0.2, 0.25) is 5.91 Å². The predicted octanol–water partition coefficient (Wildman–Crippen LogP) is 3.64. The maximum Gasteiger partial charge on any atom is 0.239 e. The molecular formula is C13H17BrClNO. The minimum atomic E-state index is -0.628. The van der Waals surface area contributed by atoms with E-state index in [9.17, 15) is 4.79 Å². The van der Waals surface area contributed by atoms with Gasteiger partial charge in [0, 0.05) is 5.54 Å². The third kappa shape index (κ3) is 4.68. The molecule has 0 saturated carbocycles. The summed E-state index contributed by atoms with van der Waals surface area (Å²) in [5.74, 6) is -0.162. The molecule has 0 aliphatic heterocycles. The third-order valence-electron chi connectivity index (χ3n) is 2.12. The van der Waals surface area contributed by atoms with Crippen molar-refractivity contribution in [1.29, 1.82) is 0 Å². The van der Waals surface area contributed by atoms with Crippen molar-refractivity contribution in [2.75, 3.05) is 0 Å². The highest BCUT2D eigenvalue weighted by atomic mass is 79.9. The zero-order chi connectivity index (χ0) is 13.1. The summed E-state index contributed by atoms with van der Waals surface area (Å²) in [5.41, 5.74) is 0.727. The molecule has 0 heterocycles. The fraction of sp³-hybridized carbons (Fsp3) is 0.462. The molecule has 1 amide bonds. The van der Waals surface area contributed by atoms with Gasteiger partial charge < -0.3 is 5.32 Å². The van der Waals surface area contributed by atoms with Gasteiger partial charge in [0.1, 0.15) is 5.38 Å². The van der Waals surface area contributed by atoms with Crippen molar-refractivity contribution in [3.05, 3.63) is 35.9 Å². The molecule has 0 aliphatic carbocycles. The first kappa shape index (κ1) is 14.5. The molecule has 0 spiro atoms. The van der Waals surface area contributed by atoms with E-state index in [2.05, 4.69) is 21.2 Å². The van der Waals surface area contributed by atoms with Gasteiger partial charge in [-0.15, -0.1) is 11.6 Å². The molecule has 0 aromatic heterocycles. The number of carbonyl (C=O) groups is 1.